The number of nitrogens with one attached hydrogen (secondary N) is 2. The van der Waals surface area contributed by atoms with Gasteiger partial charge in [-0.15, -0.1) is 0 Å². The third-order valence-electron chi connectivity index (χ3n) is 4.28. The highest BCUT2D eigenvalue weighted by Gasteiger charge is 2.20. The van der Waals surface area contributed by atoms with Crippen LogP contribution in [-0.2, 0) is 10.0 Å². The lowest BCUT2D eigenvalue weighted by Crippen LogP contribution is -2.17. The molecule has 0 aliphatic rings. The Hall–Kier alpha value is -3.10. The van der Waals surface area contributed by atoms with Crippen molar-refractivity contribution < 1.29 is 22.3 Å². The minimum absolute atomic E-state index is 0.0261. The summed E-state index contributed by atoms with van der Waals surface area (Å²) in [7, 11) is -4.00. The summed E-state index contributed by atoms with van der Waals surface area (Å²) in [6, 6.07) is 14.4. The molecule has 0 spiro atoms. The Labute approximate surface area is 185 Å². The van der Waals surface area contributed by atoms with Crippen LogP contribution in [0.2, 0.25) is 5.02 Å². The van der Waals surface area contributed by atoms with Crippen LogP contribution in [0.15, 0.2) is 65.6 Å². The summed E-state index contributed by atoms with van der Waals surface area (Å²) < 4.78 is 47.3. The number of benzene rings is 3. The van der Waals surface area contributed by atoms with Crippen molar-refractivity contribution in [2.75, 3.05) is 16.6 Å². The van der Waals surface area contributed by atoms with E-state index in [0.717, 1.165) is 11.6 Å². The van der Waals surface area contributed by atoms with E-state index in [0.29, 0.717) is 18.0 Å². The molecule has 0 aliphatic carbocycles. The van der Waals surface area contributed by atoms with Gasteiger partial charge in [0.2, 0.25) is 0 Å². The summed E-state index contributed by atoms with van der Waals surface area (Å²) >= 11 is 6.10. The molecule has 0 unspecified atom stereocenters. The number of carbonyl (C=O) groups is 1. The molecule has 0 aliphatic heterocycles. The van der Waals surface area contributed by atoms with Crippen LogP contribution in [0.4, 0.5) is 15.8 Å². The molecule has 0 aromatic heterocycles. The molecule has 0 fully saturated rings. The molecule has 6 nitrogen and oxygen atoms in total. The molecular formula is C22H20ClFN2O4S. The summed E-state index contributed by atoms with van der Waals surface area (Å²) in [5.74, 6) is -0.733. The van der Waals surface area contributed by atoms with Crippen molar-refractivity contribution in [1.29, 1.82) is 0 Å². The quantitative estimate of drug-likeness (QED) is 0.503. The van der Waals surface area contributed by atoms with Gasteiger partial charge in [0.05, 0.1) is 27.8 Å². The van der Waals surface area contributed by atoms with E-state index in [1.54, 1.807) is 37.3 Å². The largest absolute Gasteiger partial charge is 0.494 e. The molecule has 0 heterocycles. The van der Waals surface area contributed by atoms with Crippen LogP contribution in [0.3, 0.4) is 0 Å². The minimum atomic E-state index is -4.00. The molecule has 0 atom stereocenters. The fourth-order valence-corrected chi connectivity index (χ4v) is 4.06. The maximum Gasteiger partial charge on any atom is 0.261 e. The summed E-state index contributed by atoms with van der Waals surface area (Å²) in [4.78, 5) is 12.5. The maximum atomic E-state index is 14.0. The molecule has 31 heavy (non-hydrogen) atoms. The van der Waals surface area contributed by atoms with Gasteiger partial charge in [-0.3, -0.25) is 9.52 Å². The summed E-state index contributed by atoms with van der Waals surface area (Å²) in [6.07, 6.45) is 0. The van der Waals surface area contributed by atoms with Gasteiger partial charge in [0.1, 0.15) is 11.6 Å². The zero-order valence-corrected chi connectivity index (χ0v) is 18.4. The van der Waals surface area contributed by atoms with Crippen LogP contribution in [0.5, 0.6) is 5.75 Å². The minimum Gasteiger partial charge on any atom is -0.494 e. The van der Waals surface area contributed by atoms with Crippen molar-refractivity contribution in [2.45, 2.75) is 18.7 Å². The Morgan fingerprint density at radius 3 is 2.45 bits per heavy atom. The lowest BCUT2D eigenvalue weighted by molar-refractivity contribution is 0.102. The molecule has 0 radical (unpaired) electrons. The van der Waals surface area contributed by atoms with Gasteiger partial charge < -0.3 is 10.1 Å². The third-order valence-corrected chi connectivity index (χ3v) is 5.99. The Morgan fingerprint density at radius 1 is 1.06 bits per heavy atom. The second-order valence-corrected chi connectivity index (χ2v) is 8.73. The van der Waals surface area contributed by atoms with Gasteiger partial charge in [-0.25, -0.2) is 12.8 Å². The van der Waals surface area contributed by atoms with Crippen molar-refractivity contribution in [2.24, 2.45) is 0 Å². The highest BCUT2D eigenvalue weighted by atomic mass is 35.5. The normalized spacial score (nSPS) is 11.1. The molecular weight excluding hydrogens is 443 g/mol. The van der Waals surface area contributed by atoms with E-state index in [1.165, 1.54) is 24.3 Å². The monoisotopic (exact) mass is 462 g/mol. The van der Waals surface area contributed by atoms with Crippen molar-refractivity contribution >= 4 is 38.9 Å². The molecule has 0 saturated heterocycles. The maximum absolute atomic E-state index is 14.0. The molecule has 0 bridgehead atoms. The lowest BCUT2D eigenvalue weighted by atomic mass is 10.2. The van der Waals surface area contributed by atoms with Gasteiger partial charge >= 0.3 is 0 Å². The Morgan fingerprint density at radius 2 is 1.77 bits per heavy atom. The van der Waals surface area contributed by atoms with Crippen LogP contribution in [0.1, 0.15) is 22.8 Å². The van der Waals surface area contributed by atoms with Gasteiger partial charge in [-0.2, -0.15) is 0 Å². The summed E-state index contributed by atoms with van der Waals surface area (Å²) in [6.45, 7) is 4.09. The smallest absolute Gasteiger partial charge is 0.261 e. The topological polar surface area (TPSA) is 84.5 Å². The van der Waals surface area contributed by atoms with Gasteiger partial charge in [0.15, 0.2) is 0 Å². The molecule has 9 heteroatoms. The Kier molecular flexibility index (Phi) is 6.82. The predicted molar refractivity (Wildman–Crippen MR) is 119 cm³/mol. The van der Waals surface area contributed by atoms with E-state index in [1.807, 2.05) is 6.92 Å². The van der Waals surface area contributed by atoms with Crippen molar-refractivity contribution in [1.82, 2.24) is 0 Å². The van der Waals surface area contributed by atoms with Crippen LogP contribution in [0.25, 0.3) is 0 Å². The highest BCUT2D eigenvalue weighted by Crippen LogP contribution is 2.25. The average molecular weight is 463 g/mol. The van der Waals surface area contributed by atoms with Gasteiger partial charge in [0, 0.05) is 5.69 Å². The molecule has 0 saturated carbocycles. The lowest BCUT2D eigenvalue weighted by Gasteiger charge is -2.12. The van der Waals surface area contributed by atoms with E-state index in [-0.39, 0.29) is 21.2 Å². The first-order chi connectivity index (χ1) is 14.7. The van der Waals surface area contributed by atoms with Crippen LogP contribution in [-0.4, -0.2) is 20.9 Å². The van der Waals surface area contributed by atoms with E-state index in [4.69, 9.17) is 16.3 Å². The zero-order chi connectivity index (χ0) is 22.6. The number of carbonyl (C=O) groups excluding carboxylic acids is 1. The number of halogens is 2. The number of rotatable bonds is 7. The van der Waals surface area contributed by atoms with Crippen molar-refractivity contribution in [3.05, 3.63) is 82.6 Å². The van der Waals surface area contributed by atoms with Crippen molar-refractivity contribution in [3.8, 4) is 5.75 Å². The average Bonchev–Trinajstić information content (AvgIpc) is 2.72. The number of sulfonamides is 1. The predicted octanol–water partition coefficient (Wildman–Crippen LogP) is 5.24. The fraction of sp³-hybridized carbons (Fsp3) is 0.136. The standard InChI is InChI=1S/C22H20ClFN2O4S/c1-3-30-16-7-5-15(6-8-16)26-31(28,29)17-9-10-19(23)18(13-17)22(27)25-21-12-14(2)4-11-20(21)24/h4-13,26H,3H2,1-2H3,(H,25,27). The van der Waals surface area contributed by atoms with Gasteiger partial charge in [0.25, 0.3) is 15.9 Å². The first-order valence-electron chi connectivity index (χ1n) is 9.32. The number of hydrogen-bond acceptors (Lipinski definition) is 4. The van der Waals surface area contributed by atoms with Crippen LogP contribution < -0.4 is 14.8 Å². The first kappa shape index (κ1) is 22.6. The third kappa shape index (κ3) is 5.53. The Bertz CT molecular complexity index is 1210. The molecule has 3 aromatic carbocycles. The zero-order valence-electron chi connectivity index (χ0n) is 16.8. The van der Waals surface area contributed by atoms with Gasteiger partial charge in [-0.1, -0.05) is 17.7 Å². The molecule has 2 N–H and O–H groups in total. The summed E-state index contributed by atoms with van der Waals surface area (Å²) in [5, 5.41) is 2.46. The van der Waals surface area contributed by atoms with Gasteiger partial charge in [-0.05, 0) is 74.0 Å². The molecule has 1 amide bonds. The first-order valence-corrected chi connectivity index (χ1v) is 11.2. The number of ether oxygens (including phenoxy) is 1. The summed E-state index contributed by atoms with van der Waals surface area (Å²) in [5.41, 5.74) is 0.948. The van der Waals surface area contributed by atoms with Crippen molar-refractivity contribution in [3.63, 3.8) is 0 Å². The second kappa shape index (κ2) is 9.36. The number of aryl methyl sites for hydroxylation is 1. The van der Waals surface area contributed by atoms with Crippen LogP contribution in [0, 0.1) is 12.7 Å². The second-order valence-electron chi connectivity index (χ2n) is 6.64. The molecule has 162 valence electrons. The molecule has 3 aromatic rings. The van der Waals surface area contributed by atoms with E-state index < -0.39 is 21.7 Å². The van der Waals surface area contributed by atoms with E-state index in [2.05, 4.69) is 10.0 Å². The fourth-order valence-electron chi connectivity index (χ4n) is 2.77. The molecule has 3 rings (SSSR count). The SMILES string of the molecule is CCOc1ccc(NS(=O)(=O)c2ccc(Cl)c(C(=O)Nc3cc(C)ccc3F)c2)cc1. The van der Waals surface area contributed by atoms with E-state index in [9.17, 15) is 17.6 Å². The number of amides is 1. The van der Waals surface area contributed by atoms with E-state index >= 15 is 0 Å². The number of hydrogen-bond donors (Lipinski definition) is 2. The van der Waals surface area contributed by atoms with Crippen LogP contribution >= 0.6 is 11.6 Å². The highest BCUT2D eigenvalue weighted by molar-refractivity contribution is 7.92. The number of anilines is 2. The Balaban J connectivity index is 1.85.